The topological polar surface area (TPSA) is 50.4 Å². The SMILES string of the molecule is Cc1nc2cnc(-c3ccc(-c4cccs4)s3)cn2c1O. The van der Waals surface area contributed by atoms with Crippen LogP contribution in [0.25, 0.3) is 26.0 Å². The molecule has 6 heteroatoms. The first-order valence-electron chi connectivity index (χ1n) is 6.40. The van der Waals surface area contributed by atoms with Crippen molar-refractivity contribution in [1.82, 2.24) is 14.4 Å². The summed E-state index contributed by atoms with van der Waals surface area (Å²) in [7, 11) is 0. The van der Waals surface area contributed by atoms with E-state index in [9.17, 15) is 5.11 Å². The van der Waals surface area contributed by atoms with Crippen molar-refractivity contribution in [2.24, 2.45) is 0 Å². The Hall–Kier alpha value is -2.18. The Bertz CT molecular complexity index is 922. The average molecular weight is 313 g/mol. The third-order valence-electron chi connectivity index (χ3n) is 3.27. The first-order valence-corrected chi connectivity index (χ1v) is 8.10. The van der Waals surface area contributed by atoms with Crippen molar-refractivity contribution in [2.75, 3.05) is 0 Å². The molecule has 0 saturated carbocycles. The number of nitrogens with zero attached hydrogens (tertiary/aromatic N) is 3. The van der Waals surface area contributed by atoms with E-state index in [1.54, 1.807) is 40.2 Å². The number of aryl methyl sites for hydroxylation is 1. The normalized spacial score (nSPS) is 11.3. The van der Waals surface area contributed by atoms with Crippen LogP contribution >= 0.6 is 22.7 Å². The van der Waals surface area contributed by atoms with Crippen molar-refractivity contribution in [2.45, 2.75) is 6.92 Å². The zero-order valence-electron chi connectivity index (χ0n) is 11.1. The third-order valence-corrected chi connectivity index (χ3v) is 5.45. The minimum atomic E-state index is 0.170. The number of hydrogen-bond acceptors (Lipinski definition) is 5. The predicted molar refractivity (Wildman–Crippen MR) is 86.0 cm³/mol. The van der Waals surface area contributed by atoms with Crippen LogP contribution in [-0.2, 0) is 0 Å². The second-order valence-corrected chi connectivity index (χ2v) is 6.69. The van der Waals surface area contributed by atoms with Gasteiger partial charge in [0.25, 0.3) is 0 Å². The molecule has 0 bridgehead atoms. The fraction of sp³-hybridized carbons (Fsp3) is 0.0667. The predicted octanol–water partition coefficient (Wildman–Crippen LogP) is 4.20. The molecule has 0 atom stereocenters. The number of aromatic hydroxyl groups is 1. The van der Waals surface area contributed by atoms with Crippen LogP contribution in [0.3, 0.4) is 0 Å². The van der Waals surface area contributed by atoms with Crippen LogP contribution in [0.4, 0.5) is 0 Å². The van der Waals surface area contributed by atoms with Gasteiger partial charge in [-0.1, -0.05) is 6.07 Å². The van der Waals surface area contributed by atoms with Crippen LogP contribution in [0.15, 0.2) is 42.0 Å². The monoisotopic (exact) mass is 313 g/mol. The van der Waals surface area contributed by atoms with Crippen LogP contribution in [0, 0.1) is 6.92 Å². The first kappa shape index (κ1) is 12.6. The van der Waals surface area contributed by atoms with E-state index in [0.29, 0.717) is 11.3 Å². The molecule has 1 N–H and O–H groups in total. The molecule has 21 heavy (non-hydrogen) atoms. The van der Waals surface area contributed by atoms with Gasteiger partial charge in [-0.3, -0.25) is 4.40 Å². The molecular weight excluding hydrogens is 302 g/mol. The number of thiophene rings is 2. The van der Waals surface area contributed by atoms with Crippen LogP contribution < -0.4 is 0 Å². The van der Waals surface area contributed by atoms with Crippen LogP contribution in [0.2, 0.25) is 0 Å². The van der Waals surface area contributed by atoms with E-state index in [1.807, 2.05) is 6.20 Å². The number of rotatable bonds is 2. The number of imidazole rings is 1. The van der Waals surface area contributed by atoms with Gasteiger partial charge in [0, 0.05) is 16.0 Å². The zero-order valence-corrected chi connectivity index (χ0v) is 12.8. The summed E-state index contributed by atoms with van der Waals surface area (Å²) < 4.78 is 1.67. The molecule has 104 valence electrons. The van der Waals surface area contributed by atoms with Gasteiger partial charge < -0.3 is 5.11 Å². The van der Waals surface area contributed by atoms with E-state index in [1.165, 1.54) is 9.75 Å². The summed E-state index contributed by atoms with van der Waals surface area (Å²) in [5.41, 5.74) is 2.10. The molecule has 4 rings (SSSR count). The Kier molecular flexibility index (Phi) is 2.80. The van der Waals surface area contributed by atoms with Gasteiger partial charge in [-0.05, 0) is 30.5 Å². The quantitative estimate of drug-likeness (QED) is 0.603. The Morgan fingerprint density at radius 2 is 2.00 bits per heavy atom. The highest BCUT2D eigenvalue weighted by Crippen LogP contribution is 2.36. The molecule has 0 aliphatic rings. The van der Waals surface area contributed by atoms with Crippen molar-refractivity contribution in [3.05, 3.63) is 47.7 Å². The van der Waals surface area contributed by atoms with Gasteiger partial charge >= 0.3 is 0 Å². The molecule has 4 aromatic rings. The lowest BCUT2D eigenvalue weighted by Crippen LogP contribution is -1.88. The Balaban J connectivity index is 1.81. The number of fused-ring (bicyclic) bond motifs is 1. The molecule has 0 saturated heterocycles. The highest BCUT2D eigenvalue weighted by atomic mass is 32.1. The molecule has 4 aromatic heterocycles. The Morgan fingerprint density at radius 3 is 2.81 bits per heavy atom. The van der Waals surface area contributed by atoms with Gasteiger partial charge in [0.2, 0.25) is 5.88 Å². The summed E-state index contributed by atoms with van der Waals surface area (Å²) in [6.45, 7) is 1.78. The fourth-order valence-electron chi connectivity index (χ4n) is 2.21. The summed E-state index contributed by atoms with van der Waals surface area (Å²) in [5, 5.41) is 12.1. The Morgan fingerprint density at radius 1 is 1.14 bits per heavy atom. The van der Waals surface area contributed by atoms with Crippen molar-refractivity contribution >= 4 is 28.3 Å². The zero-order chi connectivity index (χ0) is 14.4. The van der Waals surface area contributed by atoms with Crippen LogP contribution in [-0.4, -0.2) is 19.5 Å². The lowest BCUT2D eigenvalue weighted by molar-refractivity contribution is 0.444. The molecule has 0 radical (unpaired) electrons. The second-order valence-electron chi connectivity index (χ2n) is 4.66. The largest absolute Gasteiger partial charge is 0.493 e. The molecule has 0 aliphatic heterocycles. The summed E-state index contributed by atoms with van der Waals surface area (Å²) in [6.07, 6.45) is 3.52. The maximum Gasteiger partial charge on any atom is 0.219 e. The van der Waals surface area contributed by atoms with Crippen LogP contribution in [0.1, 0.15) is 5.69 Å². The average Bonchev–Trinajstić information content (AvgIpc) is 3.20. The Labute approximate surface area is 129 Å². The van der Waals surface area contributed by atoms with Gasteiger partial charge in [-0.15, -0.1) is 22.7 Å². The van der Waals surface area contributed by atoms with Gasteiger partial charge in [0.1, 0.15) is 5.69 Å². The summed E-state index contributed by atoms with van der Waals surface area (Å²) in [6, 6.07) is 8.34. The van der Waals surface area contributed by atoms with Crippen molar-refractivity contribution < 1.29 is 5.11 Å². The molecule has 4 nitrogen and oxygen atoms in total. The van der Waals surface area contributed by atoms with E-state index in [-0.39, 0.29) is 5.88 Å². The minimum Gasteiger partial charge on any atom is -0.493 e. The second kappa shape index (κ2) is 4.68. The summed E-state index contributed by atoms with van der Waals surface area (Å²) in [5.74, 6) is 0.170. The van der Waals surface area contributed by atoms with Crippen molar-refractivity contribution in [3.8, 4) is 26.2 Å². The third kappa shape index (κ3) is 2.03. The smallest absolute Gasteiger partial charge is 0.219 e. The van der Waals surface area contributed by atoms with Crippen molar-refractivity contribution in [3.63, 3.8) is 0 Å². The van der Waals surface area contributed by atoms with Crippen molar-refractivity contribution in [1.29, 1.82) is 0 Å². The molecule has 0 aromatic carbocycles. The maximum absolute atomic E-state index is 10.0. The fourth-order valence-corrected chi connectivity index (χ4v) is 4.02. The molecule has 0 amide bonds. The van der Waals surface area contributed by atoms with Gasteiger partial charge in [0.05, 0.1) is 16.8 Å². The molecule has 0 unspecified atom stereocenters. The van der Waals surface area contributed by atoms with E-state index in [0.717, 1.165) is 10.6 Å². The molecule has 0 aliphatic carbocycles. The van der Waals surface area contributed by atoms with Gasteiger partial charge in [-0.2, -0.15) is 0 Å². The van der Waals surface area contributed by atoms with Gasteiger partial charge in [0.15, 0.2) is 5.65 Å². The number of hydrogen-bond donors (Lipinski definition) is 1. The maximum atomic E-state index is 10.0. The highest BCUT2D eigenvalue weighted by Gasteiger charge is 2.11. The lowest BCUT2D eigenvalue weighted by Gasteiger charge is -1.99. The van der Waals surface area contributed by atoms with E-state index < -0.39 is 0 Å². The summed E-state index contributed by atoms with van der Waals surface area (Å²) in [4.78, 5) is 12.3. The standard InChI is InChI=1S/C15H11N3OS2/c1-9-15(19)18-8-10(16-7-14(18)17-9)11-4-5-13(21-11)12-3-2-6-20-12/h2-8,19H,1H3. The molecular formula is C15H11N3OS2. The van der Waals surface area contributed by atoms with E-state index in [2.05, 4.69) is 39.6 Å². The highest BCUT2D eigenvalue weighted by molar-refractivity contribution is 7.23. The number of aromatic nitrogens is 3. The minimum absolute atomic E-state index is 0.170. The van der Waals surface area contributed by atoms with Crippen LogP contribution in [0.5, 0.6) is 5.88 Å². The van der Waals surface area contributed by atoms with Gasteiger partial charge in [-0.25, -0.2) is 9.97 Å². The first-order chi connectivity index (χ1) is 10.2. The lowest BCUT2D eigenvalue weighted by atomic mass is 10.3. The molecule has 4 heterocycles. The summed E-state index contributed by atoms with van der Waals surface area (Å²) >= 11 is 3.43. The van der Waals surface area contributed by atoms with E-state index >= 15 is 0 Å². The molecule has 0 spiro atoms. The molecule has 0 fully saturated rings. The van der Waals surface area contributed by atoms with E-state index in [4.69, 9.17) is 0 Å².